The van der Waals surface area contributed by atoms with Gasteiger partial charge in [0.25, 0.3) is 0 Å². The molecule has 3 aromatic rings. The van der Waals surface area contributed by atoms with Gasteiger partial charge in [0, 0.05) is 49.0 Å². The molecule has 1 atom stereocenters. The van der Waals surface area contributed by atoms with E-state index in [0.29, 0.717) is 42.7 Å². The molecule has 13 nitrogen and oxygen atoms in total. The monoisotopic (exact) mass is 634 g/mol. The Morgan fingerprint density at radius 3 is 2.29 bits per heavy atom. The Balaban J connectivity index is 1.48. The van der Waals surface area contributed by atoms with E-state index in [1.54, 1.807) is 47.4 Å². The highest BCUT2D eigenvalue weighted by atomic mass is 32.2. The standard InChI is InChI=1S/C31H38N8O5S/c32-15-12-28(40)35-25-10-5-11-26(20-25)45(43,44)38-27(19-21-6-4-7-22(18-21)29(33)34)30(41)39-16-13-24(14-17-39)37-31(42)36-23-8-2-1-3-9-23/h1-11,18,20,24,27,38H,12-17,19,32H2,(H3,33,34)(H,35,40)(H2,36,37,42)/t27-/m0/s1. The van der Waals surface area contributed by atoms with Crippen molar-refractivity contribution in [3.05, 3.63) is 90.0 Å². The maximum Gasteiger partial charge on any atom is 0.319 e. The molecular weight excluding hydrogens is 596 g/mol. The summed E-state index contributed by atoms with van der Waals surface area (Å²) in [5.74, 6) is -0.931. The van der Waals surface area contributed by atoms with E-state index in [4.69, 9.17) is 16.9 Å². The average molecular weight is 635 g/mol. The van der Waals surface area contributed by atoms with E-state index in [9.17, 15) is 22.8 Å². The summed E-state index contributed by atoms with van der Waals surface area (Å²) in [6.45, 7) is 0.765. The lowest BCUT2D eigenvalue weighted by Crippen LogP contribution is -2.54. The number of nitrogen functional groups attached to an aromatic ring is 1. The quantitative estimate of drug-likeness (QED) is 0.116. The van der Waals surface area contributed by atoms with Crippen molar-refractivity contribution in [3.63, 3.8) is 0 Å². The summed E-state index contributed by atoms with van der Waals surface area (Å²) in [5, 5.41) is 16.1. The van der Waals surface area contributed by atoms with Crippen molar-refractivity contribution in [2.45, 2.75) is 42.7 Å². The second kappa shape index (κ2) is 15.3. The van der Waals surface area contributed by atoms with E-state index < -0.39 is 22.0 Å². The van der Waals surface area contributed by atoms with Crippen molar-refractivity contribution >= 4 is 45.1 Å². The number of likely N-dealkylation sites (tertiary alicyclic amines) is 1. The number of amidine groups is 1. The molecule has 0 aromatic heterocycles. The van der Waals surface area contributed by atoms with E-state index in [-0.39, 0.29) is 53.8 Å². The number of nitrogens with one attached hydrogen (secondary N) is 5. The number of carbonyl (C=O) groups excluding carboxylic acids is 3. The molecular formula is C31H38N8O5S. The van der Waals surface area contributed by atoms with Crippen LogP contribution in [-0.2, 0) is 26.0 Å². The van der Waals surface area contributed by atoms with Crippen molar-refractivity contribution in [3.8, 4) is 0 Å². The summed E-state index contributed by atoms with van der Waals surface area (Å²) in [4.78, 5) is 39.8. The van der Waals surface area contributed by atoms with Crippen LogP contribution in [0.3, 0.4) is 0 Å². The third-order valence-electron chi connectivity index (χ3n) is 7.25. The molecule has 14 heteroatoms. The van der Waals surface area contributed by atoms with Crippen LogP contribution >= 0.6 is 0 Å². The number of benzene rings is 3. The van der Waals surface area contributed by atoms with Crippen molar-refractivity contribution < 1.29 is 22.8 Å². The van der Waals surface area contributed by atoms with Gasteiger partial charge in [-0.15, -0.1) is 0 Å². The van der Waals surface area contributed by atoms with Crippen LogP contribution in [0.5, 0.6) is 0 Å². The van der Waals surface area contributed by atoms with Crippen LogP contribution in [0.25, 0.3) is 0 Å². The van der Waals surface area contributed by atoms with Gasteiger partial charge in [0.1, 0.15) is 11.9 Å². The van der Waals surface area contributed by atoms with Crippen molar-refractivity contribution in [1.82, 2.24) is 14.9 Å². The molecule has 0 bridgehead atoms. The Bertz CT molecular complexity index is 1630. The molecule has 0 aliphatic carbocycles. The van der Waals surface area contributed by atoms with E-state index in [0.717, 1.165) is 0 Å². The van der Waals surface area contributed by atoms with Crippen LogP contribution in [0.2, 0.25) is 0 Å². The SMILES string of the molecule is N=C(N)c1cccc(C[C@H](NS(=O)(=O)c2cccc(NC(=O)CCN)c2)C(=O)N2CCC(NC(=O)Nc3ccccc3)CC2)c1. The molecule has 4 amide bonds. The number of hydrogen-bond acceptors (Lipinski definition) is 7. The second-order valence-corrected chi connectivity index (χ2v) is 12.4. The molecule has 4 rings (SSSR count). The van der Waals surface area contributed by atoms with Crippen LogP contribution in [0.15, 0.2) is 83.8 Å². The smallest absolute Gasteiger partial charge is 0.319 e. The van der Waals surface area contributed by atoms with E-state index >= 15 is 0 Å². The van der Waals surface area contributed by atoms with Gasteiger partial charge in [0.15, 0.2) is 0 Å². The maximum absolute atomic E-state index is 13.8. The first kappa shape index (κ1) is 33.1. The Labute approximate surface area is 262 Å². The summed E-state index contributed by atoms with van der Waals surface area (Å²) >= 11 is 0. The van der Waals surface area contributed by atoms with Crippen molar-refractivity contribution in [2.75, 3.05) is 30.3 Å². The maximum atomic E-state index is 13.8. The Hall–Kier alpha value is -4.79. The lowest BCUT2D eigenvalue weighted by Gasteiger charge is -2.34. The lowest BCUT2D eigenvalue weighted by atomic mass is 10.0. The number of urea groups is 1. The first-order valence-corrected chi connectivity index (χ1v) is 16.0. The third kappa shape index (κ3) is 9.60. The lowest BCUT2D eigenvalue weighted by molar-refractivity contribution is -0.134. The molecule has 9 N–H and O–H groups in total. The highest BCUT2D eigenvalue weighted by Crippen LogP contribution is 2.19. The first-order valence-electron chi connectivity index (χ1n) is 14.5. The zero-order chi connectivity index (χ0) is 32.4. The van der Waals surface area contributed by atoms with Crippen molar-refractivity contribution in [2.24, 2.45) is 11.5 Å². The molecule has 1 heterocycles. The van der Waals surface area contributed by atoms with Gasteiger partial charge in [-0.05, 0) is 61.2 Å². The third-order valence-corrected chi connectivity index (χ3v) is 8.72. The van der Waals surface area contributed by atoms with Gasteiger partial charge < -0.3 is 32.3 Å². The van der Waals surface area contributed by atoms with E-state index in [2.05, 4.69) is 20.7 Å². The van der Waals surface area contributed by atoms with E-state index in [1.165, 1.54) is 18.2 Å². The molecule has 0 saturated carbocycles. The number of hydrogen-bond donors (Lipinski definition) is 7. The predicted molar refractivity (Wildman–Crippen MR) is 172 cm³/mol. The van der Waals surface area contributed by atoms with Gasteiger partial charge in [-0.1, -0.05) is 42.5 Å². The number of carbonyl (C=O) groups is 3. The number of para-hydroxylation sites is 1. The average Bonchev–Trinajstić information content (AvgIpc) is 3.01. The number of anilines is 2. The van der Waals surface area contributed by atoms with Gasteiger partial charge in [-0.3, -0.25) is 15.0 Å². The predicted octanol–water partition coefficient (Wildman–Crippen LogP) is 1.96. The van der Waals surface area contributed by atoms with Gasteiger partial charge in [-0.2, -0.15) is 4.72 Å². The van der Waals surface area contributed by atoms with Crippen LogP contribution in [0.4, 0.5) is 16.2 Å². The molecule has 0 spiro atoms. The number of sulfonamides is 1. The van der Waals surface area contributed by atoms with Crippen LogP contribution in [0, 0.1) is 5.41 Å². The molecule has 1 aliphatic rings. The van der Waals surface area contributed by atoms with Gasteiger partial charge in [0.05, 0.1) is 4.90 Å². The normalized spacial score (nSPS) is 14.3. The highest BCUT2D eigenvalue weighted by molar-refractivity contribution is 7.89. The Morgan fingerprint density at radius 2 is 1.60 bits per heavy atom. The molecule has 1 aliphatic heterocycles. The highest BCUT2D eigenvalue weighted by Gasteiger charge is 2.32. The van der Waals surface area contributed by atoms with Crippen molar-refractivity contribution in [1.29, 1.82) is 5.41 Å². The molecule has 0 unspecified atom stereocenters. The van der Waals surface area contributed by atoms with Gasteiger partial charge in [-0.25, -0.2) is 13.2 Å². The zero-order valence-electron chi connectivity index (χ0n) is 24.7. The number of nitrogens with zero attached hydrogens (tertiary/aromatic N) is 1. The van der Waals surface area contributed by atoms with Crippen LogP contribution < -0.4 is 32.1 Å². The number of rotatable bonds is 12. The molecule has 3 aromatic carbocycles. The molecule has 1 saturated heterocycles. The van der Waals surface area contributed by atoms with Gasteiger partial charge >= 0.3 is 6.03 Å². The molecule has 238 valence electrons. The van der Waals surface area contributed by atoms with Crippen LogP contribution in [0.1, 0.15) is 30.4 Å². The summed E-state index contributed by atoms with van der Waals surface area (Å²) in [5.41, 5.74) is 13.1. The summed E-state index contributed by atoms with van der Waals surface area (Å²) in [6, 6.07) is 19.8. The minimum Gasteiger partial charge on any atom is -0.384 e. The molecule has 0 radical (unpaired) electrons. The summed E-state index contributed by atoms with van der Waals surface area (Å²) in [6.07, 6.45) is 1.05. The minimum atomic E-state index is -4.22. The second-order valence-electron chi connectivity index (χ2n) is 10.7. The molecule has 45 heavy (non-hydrogen) atoms. The summed E-state index contributed by atoms with van der Waals surface area (Å²) < 4.78 is 29.7. The topological polar surface area (TPSA) is 213 Å². The first-order chi connectivity index (χ1) is 21.5. The van der Waals surface area contributed by atoms with Crippen LogP contribution in [-0.4, -0.2) is 68.7 Å². The van der Waals surface area contributed by atoms with E-state index in [1.807, 2.05) is 18.2 Å². The number of amides is 4. The Kier molecular flexibility index (Phi) is 11.2. The largest absolute Gasteiger partial charge is 0.384 e. The fraction of sp³-hybridized carbons (Fsp3) is 0.290. The fourth-order valence-corrected chi connectivity index (χ4v) is 6.21. The summed E-state index contributed by atoms with van der Waals surface area (Å²) in [7, 11) is -4.22. The van der Waals surface area contributed by atoms with Gasteiger partial charge in [0.2, 0.25) is 21.8 Å². The number of piperidine rings is 1. The number of nitrogens with two attached hydrogens (primary N) is 2. The zero-order valence-corrected chi connectivity index (χ0v) is 25.5. The Morgan fingerprint density at radius 1 is 0.911 bits per heavy atom. The fourth-order valence-electron chi connectivity index (χ4n) is 4.97. The molecule has 1 fully saturated rings. The minimum absolute atomic E-state index is 0.00374.